The Morgan fingerprint density at radius 2 is 1.76 bits per heavy atom. The average Bonchev–Trinajstić information content (AvgIpc) is 2.62. The molecule has 29 heavy (non-hydrogen) atoms. The smallest absolute Gasteiger partial charge is 0.407 e. The zero-order valence-corrected chi connectivity index (χ0v) is 17.0. The monoisotopic (exact) mass is 405 g/mol. The number of carbonyl (C=O) groups is 3. The summed E-state index contributed by atoms with van der Waals surface area (Å²) >= 11 is 0. The van der Waals surface area contributed by atoms with E-state index >= 15 is 0 Å². The fourth-order valence-electron chi connectivity index (χ4n) is 3.13. The van der Waals surface area contributed by atoms with Crippen LogP contribution >= 0.6 is 0 Å². The van der Waals surface area contributed by atoms with Crippen molar-refractivity contribution in [3.63, 3.8) is 0 Å². The lowest BCUT2D eigenvalue weighted by molar-refractivity contribution is -0.145. The van der Waals surface area contributed by atoms with Gasteiger partial charge in [0.25, 0.3) is 0 Å². The lowest BCUT2D eigenvalue weighted by Crippen LogP contribution is -2.50. The average molecular weight is 405 g/mol. The van der Waals surface area contributed by atoms with Crippen LogP contribution in [0, 0.1) is 11.8 Å². The molecule has 2 aliphatic rings. The number of benzene rings is 1. The molecular formula is C21H31N3O5. The van der Waals surface area contributed by atoms with Crippen LogP contribution in [-0.2, 0) is 20.9 Å². The lowest BCUT2D eigenvalue weighted by atomic mass is 9.79. The minimum Gasteiger partial charge on any atom is -0.481 e. The van der Waals surface area contributed by atoms with Crippen LogP contribution in [-0.4, -0.2) is 41.2 Å². The van der Waals surface area contributed by atoms with E-state index in [4.69, 9.17) is 15.6 Å². The van der Waals surface area contributed by atoms with E-state index in [1.807, 2.05) is 44.2 Å². The van der Waals surface area contributed by atoms with Crippen LogP contribution in [0.2, 0.25) is 0 Å². The van der Waals surface area contributed by atoms with Crippen molar-refractivity contribution in [2.45, 2.75) is 64.3 Å². The first-order valence-corrected chi connectivity index (χ1v) is 10.0. The lowest BCUT2D eigenvalue weighted by Gasteiger charge is -2.33. The minimum atomic E-state index is -0.866. The molecule has 5 N–H and O–H groups in total. The second kappa shape index (κ2) is 10.8. The first-order chi connectivity index (χ1) is 13.8. The van der Waals surface area contributed by atoms with Gasteiger partial charge >= 0.3 is 12.1 Å². The van der Waals surface area contributed by atoms with Crippen molar-refractivity contribution < 1.29 is 24.2 Å². The number of ether oxygens (including phenoxy) is 1. The van der Waals surface area contributed by atoms with Crippen molar-refractivity contribution >= 4 is 18.0 Å². The van der Waals surface area contributed by atoms with E-state index < -0.39 is 18.0 Å². The van der Waals surface area contributed by atoms with Gasteiger partial charge in [0.15, 0.2) is 0 Å². The number of hydrogen-bond donors (Lipinski definition) is 4. The summed E-state index contributed by atoms with van der Waals surface area (Å²) in [4.78, 5) is 33.5. The number of carboxylic acid groups (broad SMARTS) is 1. The van der Waals surface area contributed by atoms with Crippen molar-refractivity contribution in [2.24, 2.45) is 17.6 Å². The molecule has 0 unspecified atom stereocenters. The Kier molecular flexibility index (Phi) is 8.45. The fraction of sp³-hybridized carbons (Fsp3) is 0.571. The molecule has 2 saturated carbocycles. The van der Waals surface area contributed by atoms with E-state index in [2.05, 4.69) is 10.6 Å². The summed E-state index contributed by atoms with van der Waals surface area (Å²) in [7, 11) is 0. The molecule has 4 atom stereocenters. The van der Waals surface area contributed by atoms with Gasteiger partial charge < -0.3 is 26.2 Å². The molecule has 0 aromatic heterocycles. The van der Waals surface area contributed by atoms with Crippen LogP contribution < -0.4 is 16.4 Å². The quantitative estimate of drug-likeness (QED) is 0.573. The molecule has 3 rings (SSSR count). The van der Waals surface area contributed by atoms with Gasteiger partial charge in [-0.25, -0.2) is 4.79 Å². The SMILES string of the molecule is CC(C)NC(=O)[C@H]1CC[C@H]1N.O=C(N[C@@H]1CC[C@@H]1C(=O)O)OCc1ccccc1. The van der Waals surface area contributed by atoms with E-state index in [1.165, 1.54) is 0 Å². The van der Waals surface area contributed by atoms with Crippen molar-refractivity contribution in [3.05, 3.63) is 35.9 Å². The highest BCUT2D eigenvalue weighted by atomic mass is 16.5. The standard InChI is InChI=1S/C13H15NO4.C8H16N2O/c15-12(16)10-6-7-11(10)14-13(17)18-8-9-4-2-1-3-5-9;1-5(2)10-8(11)6-3-4-7(6)9/h1-5,10-11H,6-8H2,(H,14,17)(H,15,16);5-7H,3-4,9H2,1-2H3,(H,10,11)/t10-,11+;6-,7+/m00/s1. The molecule has 8 heteroatoms. The highest BCUT2D eigenvalue weighted by Gasteiger charge is 2.37. The van der Waals surface area contributed by atoms with E-state index in [1.54, 1.807) is 0 Å². The third-order valence-electron chi connectivity index (χ3n) is 5.20. The number of alkyl carbamates (subject to hydrolysis) is 1. The van der Waals surface area contributed by atoms with E-state index in [0.29, 0.717) is 12.8 Å². The number of hydrogen-bond acceptors (Lipinski definition) is 5. The number of carbonyl (C=O) groups excluding carboxylic acids is 2. The second-order valence-corrected chi connectivity index (χ2v) is 7.85. The van der Waals surface area contributed by atoms with Crippen molar-refractivity contribution in [2.75, 3.05) is 0 Å². The second-order valence-electron chi connectivity index (χ2n) is 7.85. The summed E-state index contributed by atoms with van der Waals surface area (Å²) in [6.45, 7) is 4.11. The molecule has 1 aromatic rings. The molecule has 2 amide bonds. The van der Waals surface area contributed by atoms with Gasteiger partial charge in [-0.2, -0.15) is 0 Å². The number of carboxylic acids is 1. The molecule has 2 fully saturated rings. The molecule has 0 spiro atoms. The van der Waals surface area contributed by atoms with Crippen molar-refractivity contribution in [1.29, 1.82) is 0 Å². The Bertz CT molecular complexity index is 695. The summed E-state index contributed by atoms with van der Waals surface area (Å²) in [5.74, 6) is -1.14. The normalized spacial score (nSPS) is 24.8. The molecule has 2 aliphatic carbocycles. The zero-order valence-electron chi connectivity index (χ0n) is 17.0. The van der Waals surface area contributed by atoms with Crippen LogP contribution in [0.25, 0.3) is 0 Å². The van der Waals surface area contributed by atoms with Gasteiger partial charge in [0.05, 0.1) is 11.8 Å². The molecule has 0 aliphatic heterocycles. The Hall–Kier alpha value is -2.61. The minimum absolute atomic E-state index is 0.0809. The Balaban J connectivity index is 0.000000234. The predicted octanol–water partition coefficient (Wildman–Crippen LogP) is 2.02. The molecule has 0 bridgehead atoms. The number of nitrogens with one attached hydrogen (secondary N) is 2. The van der Waals surface area contributed by atoms with Crippen molar-refractivity contribution in [1.82, 2.24) is 10.6 Å². The Labute approximate surface area is 171 Å². The third kappa shape index (κ3) is 7.05. The summed E-state index contributed by atoms with van der Waals surface area (Å²) in [6, 6.07) is 9.36. The van der Waals surface area contributed by atoms with E-state index in [9.17, 15) is 14.4 Å². The van der Waals surface area contributed by atoms with Gasteiger partial charge in [-0.3, -0.25) is 9.59 Å². The Morgan fingerprint density at radius 1 is 1.10 bits per heavy atom. The molecular weight excluding hydrogens is 374 g/mol. The molecule has 0 heterocycles. The van der Waals surface area contributed by atoms with E-state index in [-0.39, 0.29) is 36.6 Å². The third-order valence-corrected chi connectivity index (χ3v) is 5.20. The fourth-order valence-corrected chi connectivity index (χ4v) is 3.13. The maximum atomic E-state index is 11.5. The molecule has 1 aromatic carbocycles. The maximum Gasteiger partial charge on any atom is 0.407 e. The van der Waals surface area contributed by atoms with Crippen LogP contribution in [0.4, 0.5) is 4.79 Å². The number of rotatable bonds is 6. The topological polar surface area (TPSA) is 131 Å². The summed E-state index contributed by atoms with van der Waals surface area (Å²) in [5, 5.41) is 14.3. The van der Waals surface area contributed by atoms with Gasteiger partial charge in [0.1, 0.15) is 6.61 Å². The molecule has 0 saturated heterocycles. The van der Waals surface area contributed by atoms with Crippen LogP contribution in [0.15, 0.2) is 30.3 Å². The molecule has 0 radical (unpaired) electrons. The number of amides is 2. The van der Waals surface area contributed by atoms with E-state index in [0.717, 1.165) is 18.4 Å². The number of nitrogens with two attached hydrogens (primary N) is 1. The van der Waals surface area contributed by atoms with Crippen molar-refractivity contribution in [3.8, 4) is 0 Å². The zero-order chi connectivity index (χ0) is 21.4. The summed E-state index contributed by atoms with van der Waals surface area (Å²) < 4.78 is 5.02. The highest BCUT2D eigenvalue weighted by molar-refractivity contribution is 5.80. The largest absolute Gasteiger partial charge is 0.481 e. The molecule has 8 nitrogen and oxygen atoms in total. The van der Waals surface area contributed by atoms with Gasteiger partial charge in [0.2, 0.25) is 5.91 Å². The van der Waals surface area contributed by atoms with Crippen LogP contribution in [0.5, 0.6) is 0 Å². The van der Waals surface area contributed by atoms with Gasteiger partial charge in [0, 0.05) is 18.1 Å². The van der Waals surface area contributed by atoms with Crippen LogP contribution in [0.3, 0.4) is 0 Å². The summed E-state index contributed by atoms with van der Waals surface area (Å²) in [5.41, 5.74) is 6.54. The predicted molar refractivity (Wildman–Crippen MR) is 108 cm³/mol. The van der Waals surface area contributed by atoms with Gasteiger partial charge in [-0.05, 0) is 45.1 Å². The highest BCUT2D eigenvalue weighted by Crippen LogP contribution is 2.27. The van der Waals surface area contributed by atoms with Gasteiger partial charge in [-0.15, -0.1) is 0 Å². The molecule has 160 valence electrons. The maximum absolute atomic E-state index is 11.5. The Morgan fingerprint density at radius 3 is 2.21 bits per heavy atom. The number of aliphatic carboxylic acids is 1. The first-order valence-electron chi connectivity index (χ1n) is 10.0. The summed E-state index contributed by atoms with van der Waals surface area (Å²) in [6.07, 6.45) is 2.70. The first kappa shape index (κ1) is 22.7. The van der Waals surface area contributed by atoms with Crippen LogP contribution in [0.1, 0.15) is 45.1 Å². The van der Waals surface area contributed by atoms with Gasteiger partial charge in [-0.1, -0.05) is 30.3 Å².